The second kappa shape index (κ2) is 14.9. The minimum atomic E-state index is -0.110. The Hall–Kier alpha value is -1.39. The van der Waals surface area contributed by atoms with Crippen LogP contribution < -0.4 is 16.0 Å². The third-order valence-electron chi connectivity index (χ3n) is 3.37. The first kappa shape index (κ1) is 23.6. The zero-order valence-corrected chi connectivity index (χ0v) is 17.6. The van der Waals surface area contributed by atoms with Crippen LogP contribution in [-0.4, -0.2) is 70.8 Å². The van der Waals surface area contributed by atoms with Crippen LogP contribution in [-0.2, 0) is 9.53 Å². The van der Waals surface area contributed by atoms with Crippen LogP contribution in [0.4, 0.5) is 5.69 Å². The van der Waals surface area contributed by atoms with Gasteiger partial charge in [-0.2, -0.15) is 0 Å². The second-order valence-corrected chi connectivity index (χ2v) is 5.42. The molecule has 0 heterocycles. The van der Waals surface area contributed by atoms with Crippen molar-refractivity contribution in [3.05, 3.63) is 30.3 Å². The quantitative estimate of drug-likeness (QED) is 0.212. The van der Waals surface area contributed by atoms with E-state index in [9.17, 15) is 4.79 Å². The molecule has 0 aliphatic heterocycles. The number of aliphatic imine (C=N–C) groups is 1. The van der Waals surface area contributed by atoms with E-state index in [1.54, 1.807) is 14.2 Å². The summed E-state index contributed by atoms with van der Waals surface area (Å²) in [6, 6.07) is 9.38. The molecule has 142 valence electrons. The summed E-state index contributed by atoms with van der Waals surface area (Å²) in [6.07, 6.45) is 1.01. The molecule has 1 aromatic carbocycles. The van der Waals surface area contributed by atoms with Crippen LogP contribution in [0, 0.1) is 0 Å². The summed E-state index contributed by atoms with van der Waals surface area (Å²) in [4.78, 5) is 18.2. The number of guanidine groups is 1. The van der Waals surface area contributed by atoms with E-state index in [4.69, 9.17) is 4.74 Å². The molecule has 7 nitrogen and oxygen atoms in total. The summed E-state index contributed by atoms with van der Waals surface area (Å²) in [5, 5.41) is 9.02. The van der Waals surface area contributed by atoms with Gasteiger partial charge in [-0.3, -0.25) is 9.79 Å². The Morgan fingerprint density at radius 2 is 1.92 bits per heavy atom. The van der Waals surface area contributed by atoms with Gasteiger partial charge in [-0.1, -0.05) is 18.2 Å². The number of hydrogen-bond acceptors (Lipinski definition) is 4. The molecule has 0 fully saturated rings. The first-order valence-electron chi connectivity index (χ1n) is 8.12. The Kier molecular flexibility index (Phi) is 14.1. The average Bonchev–Trinajstić information content (AvgIpc) is 2.59. The van der Waals surface area contributed by atoms with E-state index in [2.05, 4.69) is 32.9 Å². The number of rotatable bonds is 10. The lowest BCUT2D eigenvalue weighted by Gasteiger charge is -2.18. The van der Waals surface area contributed by atoms with E-state index >= 15 is 0 Å². The Morgan fingerprint density at radius 3 is 2.56 bits per heavy atom. The monoisotopic (exact) mass is 463 g/mol. The highest BCUT2D eigenvalue weighted by atomic mass is 127. The van der Waals surface area contributed by atoms with Crippen molar-refractivity contribution >= 4 is 41.5 Å². The van der Waals surface area contributed by atoms with Crippen molar-refractivity contribution in [2.45, 2.75) is 6.42 Å². The number of nitrogens with zero attached hydrogens (tertiary/aromatic N) is 2. The summed E-state index contributed by atoms with van der Waals surface area (Å²) in [5.74, 6) is 0.504. The normalized spacial score (nSPS) is 11.0. The van der Waals surface area contributed by atoms with Crippen molar-refractivity contribution in [2.75, 3.05) is 59.3 Å². The molecule has 1 aromatic rings. The maximum Gasteiger partial charge on any atom is 0.243 e. The van der Waals surface area contributed by atoms with Crippen LogP contribution in [0.3, 0.4) is 0 Å². The number of benzene rings is 1. The first-order valence-corrected chi connectivity index (χ1v) is 8.12. The summed E-state index contributed by atoms with van der Waals surface area (Å²) in [5.41, 5.74) is 0.782. The lowest BCUT2D eigenvalue weighted by molar-refractivity contribution is -0.115. The maximum atomic E-state index is 11.9. The van der Waals surface area contributed by atoms with Crippen molar-refractivity contribution in [3.63, 3.8) is 0 Å². The van der Waals surface area contributed by atoms with E-state index < -0.39 is 0 Å². The van der Waals surface area contributed by atoms with Crippen LogP contribution in [0.15, 0.2) is 35.3 Å². The number of halogens is 1. The molecule has 0 atom stereocenters. The van der Waals surface area contributed by atoms with Crippen LogP contribution >= 0.6 is 24.0 Å². The van der Waals surface area contributed by atoms with Gasteiger partial charge in [0.2, 0.25) is 5.91 Å². The fourth-order valence-corrected chi connectivity index (χ4v) is 2.07. The van der Waals surface area contributed by atoms with Gasteiger partial charge in [0, 0.05) is 46.1 Å². The number of amides is 1. The minimum Gasteiger partial charge on any atom is -0.385 e. The molecule has 0 aliphatic rings. The lowest BCUT2D eigenvalue weighted by atomic mass is 10.3. The highest BCUT2D eigenvalue weighted by Gasteiger charge is 2.04. The van der Waals surface area contributed by atoms with Crippen molar-refractivity contribution in [2.24, 2.45) is 4.99 Å². The predicted molar refractivity (Wildman–Crippen MR) is 114 cm³/mol. The number of hydrogen-bond donors (Lipinski definition) is 3. The fraction of sp³-hybridized carbons (Fsp3) is 0.529. The van der Waals surface area contributed by atoms with E-state index in [0.29, 0.717) is 5.96 Å². The van der Waals surface area contributed by atoms with Gasteiger partial charge in [0.05, 0.1) is 6.54 Å². The fourth-order valence-electron chi connectivity index (χ4n) is 2.07. The van der Waals surface area contributed by atoms with E-state index in [-0.39, 0.29) is 36.4 Å². The molecular formula is C17H30IN5O2. The topological polar surface area (TPSA) is 78.0 Å². The Bertz CT molecular complexity index is 499. The van der Waals surface area contributed by atoms with Gasteiger partial charge in [-0.15, -0.1) is 24.0 Å². The molecule has 3 N–H and O–H groups in total. The number of ether oxygens (including phenoxy) is 1. The zero-order chi connectivity index (χ0) is 17.6. The summed E-state index contributed by atoms with van der Waals surface area (Å²) in [7, 11) is 5.47. The van der Waals surface area contributed by atoms with Gasteiger partial charge in [-0.25, -0.2) is 0 Å². The highest BCUT2D eigenvalue weighted by molar-refractivity contribution is 14.0. The van der Waals surface area contributed by atoms with Gasteiger partial charge >= 0.3 is 0 Å². The number of carbonyl (C=O) groups excluding carboxylic acids is 1. The standard InChI is InChI=1S/C17H29N5O2.HI/c1-18-17(19-10-12-22(2)11-7-13-24-3)20-14-16(23)21-15-8-5-4-6-9-15;/h4-6,8-9H,7,10-14H2,1-3H3,(H,21,23)(H2,18,19,20);1H. The third-order valence-corrected chi connectivity index (χ3v) is 3.37. The molecule has 0 aliphatic carbocycles. The van der Waals surface area contributed by atoms with Crippen LogP contribution in [0.25, 0.3) is 0 Å². The summed E-state index contributed by atoms with van der Waals surface area (Å²) >= 11 is 0. The number of para-hydroxylation sites is 1. The summed E-state index contributed by atoms with van der Waals surface area (Å²) < 4.78 is 5.04. The molecule has 1 rings (SSSR count). The number of likely N-dealkylation sites (N-methyl/N-ethyl adjacent to an activating group) is 1. The third kappa shape index (κ3) is 11.7. The molecule has 1 amide bonds. The van der Waals surface area contributed by atoms with Crippen molar-refractivity contribution in [3.8, 4) is 0 Å². The Labute approximate surface area is 167 Å². The molecule has 25 heavy (non-hydrogen) atoms. The molecular weight excluding hydrogens is 433 g/mol. The number of anilines is 1. The van der Waals surface area contributed by atoms with E-state index in [0.717, 1.165) is 38.3 Å². The number of nitrogens with one attached hydrogen (secondary N) is 3. The average molecular weight is 463 g/mol. The van der Waals surface area contributed by atoms with Crippen LogP contribution in [0.5, 0.6) is 0 Å². The summed E-state index contributed by atoms with van der Waals surface area (Å²) in [6.45, 7) is 3.57. The molecule has 8 heteroatoms. The SMILES string of the molecule is CN=C(NCCN(C)CCCOC)NCC(=O)Nc1ccccc1.I. The molecule has 0 unspecified atom stereocenters. The Morgan fingerprint density at radius 1 is 1.20 bits per heavy atom. The largest absolute Gasteiger partial charge is 0.385 e. The maximum absolute atomic E-state index is 11.9. The highest BCUT2D eigenvalue weighted by Crippen LogP contribution is 2.03. The molecule has 0 bridgehead atoms. The molecule has 0 saturated heterocycles. The molecule has 0 aromatic heterocycles. The van der Waals surface area contributed by atoms with Crippen LogP contribution in [0.2, 0.25) is 0 Å². The predicted octanol–water partition coefficient (Wildman–Crippen LogP) is 1.38. The van der Waals surface area contributed by atoms with E-state index in [1.807, 2.05) is 30.3 Å². The first-order chi connectivity index (χ1) is 11.7. The lowest BCUT2D eigenvalue weighted by Crippen LogP contribution is -2.43. The van der Waals surface area contributed by atoms with Crippen LogP contribution in [0.1, 0.15) is 6.42 Å². The van der Waals surface area contributed by atoms with Crippen molar-refractivity contribution in [1.29, 1.82) is 0 Å². The molecule has 0 spiro atoms. The molecule has 0 radical (unpaired) electrons. The zero-order valence-electron chi connectivity index (χ0n) is 15.2. The smallest absolute Gasteiger partial charge is 0.243 e. The van der Waals surface area contributed by atoms with Gasteiger partial charge in [0.15, 0.2) is 5.96 Å². The minimum absolute atomic E-state index is 0. The van der Waals surface area contributed by atoms with Gasteiger partial charge in [0.25, 0.3) is 0 Å². The van der Waals surface area contributed by atoms with Crippen molar-refractivity contribution in [1.82, 2.24) is 15.5 Å². The number of methoxy groups -OCH3 is 1. The Balaban J connectivity index is 0.00000576. The molecule has 0 saturated carbocycles. The number of carbonyl (C=O) groups is 1. The van der Waals surface area contributed by atoms with E-state index in [1.165, 1.54) is 0 Å². The second-order valence-electron chi connectivity index (χ2n) is 5.42. The van der Waals surface area contributed by atoms with Gasteiger partial charge in [0.1, 0.15) is 0 Å². The van der Waals surface area contributed by atoms with Gasteiger partial charge in [-0.05, 0) is 25.6 Å². The van der Waals surface area contributed by atoms with Crippen molar-refractivity contribution < 1.29 is 9.53 Å². The van der Waals surface area contributed by atoms with Gasteiger partial charge < -0.3 is 25.6 Å².